The van der Waals surface area contributed by atoms with Crippen molar-refractivity contribution in [2.45, 2.75) is 37.8 Å². The zero-order valence-electron chi connectivity index (χ0n) is 11.3. The molecule has 1 saturated heterocycles. The van der Waals surface area contributed by atoms with Crippen LogP contribution in [0.4, 0.5) is 0 Å². The van der Waals surface area contributed by atoms with Gasteiger partial charge in [-0.3, -0.25) is 4.79 Å². The number of hydrogen-bond donors (Lipinski definition) is 3. The zero-order chi connectivity index (χ0) is 14.4. The number of aliphatic carboxylic acids is 1. The van der Waals surface area contributed by atoms with Gasteiger partial charge in [0.2, 0.25) is 5.91 Å². The van der Waals surface area contributed by atoms with E-state index in [2.05, 4.69) is 10.6 Å². The molecule has 1 unspecified atom stereocenters. The van der Waals surface area contributed by atoms with Crippen LogP contribution in [0.15, 0.2) is 30.3 Å². The Hall–Kier alpha value is -1.88. The van der Waals surface area contributed by atoms with Crippen molar-refractivity contribution < 1.29 is 14.7 Å². The molecule has 0 saturated carbocycles. The van der Waals surface area contributed by atoms with E-state index >= 15 is 0 Å². The highest BCUT2D eigenvalue weighted by atomic mass is 16.4. The van der Waals surface area contributed by atoms with Crippen molar-refractivity contribution >= 4 is 11.9 Å². The molecule has 2 atom stereocenters. The number of benzene rings is 1. The maximum absolute atomic E-state index is 11.9. The predicted octanol–water partition coefficient (Wildman–Crippen LogP) is 0.941. The van der Waals surface area contributed by atoms with Crippen LogP contribution in [0.3, 0.4) is 0 Å². The number of carbonyl (C=O) groups is 2. The van der Waals surface area contributed by atoms with Crippen molar-refractivity contribution in [1.82, 2.24) is 10.6 Å². The molecule has 1 heterocycles. The Bertz CT molecular complexity index is 455. The first-order valence-corrected chi connectivity index (χ1v) is 6.97. The molecule has 3 N–H and O–H groups in total. The summed E-state index contributed by atoms with van der Waals surface area (Å²) in [6.07, 6.45) is 2.77. The van der Waals surface area contributed by atoms with Crippen LogP contribution in [0, 0.1) is 0 Å². The number of nitrogens with one attached hydrogen (secondary N) is 2. The highest BCUT2D eigenvalue weighted by Crippen LogP contribution is 2.08. The summed E-state index contributed by atoms with van der Waals surface area (Å²) in [5, 5.41) is 14.9. The van der Waals surface area contributed by atoms with Crippen LogP contribution in [0.1, 0.15) is 24.8 Å². The fourth-order valence-electron chi connectivity index (χ4n) is 2.39. The minimum absolute atomic E-state index is 0.206. The van der Waals surface area contributed by atoms with Gasteiger partial charge in [0.15, 0.2) is 0 Å². The smallest absolute Gasteiger partial charge is 0.326 e. The lowest BCUT2D eigenvalue weighted by atomic mass is 10.0. The highest BCUT2D eigenvalue weighted by molar-refractivity contribution is 5.87. The second-order valence-corrected chi connectivity index (χ2v) is 5.07. The number of aryl methyl sites for hydroxylation is 1. The van der Waals surface area contributed by atoms with Crippen LogP contribution in [0.5, 0.6) is 0 Å². The van der Waals surface area contributed by atoms with Crippen LogP contribution in [0.25, 0.3) is 0 Å². The molecular formula is C15H20N2O3. The zero-order valence-corrected chi connectivity index (χ0v) is 11.3. The third-order valence-electron chi connectivity index (χ3n) is 3.56. The second-order valence-electron chi connectivity index (χ2n) is 5.07. The Morgan fingerprint density at radius 3 is 2.70 bits per heavy atom. The topological polar surface area (TPSA) is 78.4 Å². The van der Waals surface area contributed by atoms with Crippen LogP contribution in [-0.2, 0) is 16.0 Å². The van der Waals surface area contributed by atoms with E-state index in [4.69, 9.17) is 0 Å². The van der Waals surface area contributed by atoms with Crippen LogP contribution < -0.4 is 10.6 Å². The SMILES string of the molecule is O=C(O)C(CCc1ccccc1)NC(=O)[C@@H]1CCCN1. The minimum Gasteiger partial charge on any atom is -0.480 e. The molecule has 2 rings (SSSR count). The van der Waals surface area contributed by atoms with Gasteiger partial charge in [-0.25, -0.2) is 4.79 Å². The quantitative estimate of drug-likeness (QED) is 0.722. The minimum atomic E-state index is -0.979. The average molecular weight is 276 g/mol. The molecule has 1 aliphatic rings. The third kappa shape index (κ3) is 4.06. The maximum Gasteiger partial charge on any atom is 0.326 e. The van der Waals surface area contributed by atoms with Gasteiger partial charge in [-0.15, -0.1) is 0 Å². The first-order valence-electron chi connectivity index (χ1n) is 6.97. The van der Waals surface area contributed by atoms with Gasteiger partial charge in [0.25, 0.3) is 0 Å². The highest BCUT2D eigenvalue weighted by Gasteiger charge is 2.26. The normalized spacial score (nSPS) is 19.5. The van der Waals surface area contributed by atoms with E-state index in [1.165, 1.54) is 0 Å². The van der Waals surface area contributed by atoms with Crippen LogP contribution >= 0.6 is 0 Å². The molecule has 0 spiro atoms. The molecule has 0 bridgehead atoms. The lowest BCUT2D eigenvalue weighted by molar-refractivity contribution is -0.142. The predicted molar refractivity (Wildman–Crippen MR) is 75.4 cm³/mol. The molecule has 5 heteroatoms. The van der Waals surface area contributed by atoms with Gasteiger partial charge in [-0.1, -0.05) is 30.3 Å². The molecule has 0 radical (unpaired) electrons. The number of hydrogen-bond acceptors (Lipinski definition) is 3. The lowest BCUT2D eigenvalue weighted by Crippen LogP contribution is -2.48. The summed E-state index contributed by atoms with van der Waals surface area (Å²) in [7, 11) is 0. The van der Waals surface area contributed by atoms with Gasteiger partial charge in [-0.2, -0.15) is 0 Å². The van der Waals surface area contributed by atoms with E-state index in [-0.39, 0.29) is 11.9 Å². The largest absolute Gasteiger partial charge is 0.480 e. The molecule has 108 valence electrons. The second kappa shape index (κ2) is 7.05. The summed E-state index contributed by atoms with van der Waals surface area (Å²) in [6, 6.07) is 8.61. The molecular weight excluding hydrogens is 256 g/mol. The number of carbonyl (C=O) groups excluding carboxylic acids is 1. The van der Waals surface area contributed by atoms with Crippen molar-refractivity contribution in [3.63, 3.8) is 0 Å². The summed E-state index contributed by atoms with van der Waals surface area (Å²) in [6.45, 7) is 0.819. The Balaban J connectivity index is 1.87. The number of rotatable bonds is 6. The van der Waals surface area contributed by atoms with Crippen LogP contribution in [0.2, 0.25) is 0 Å². The summed E-state index contributed by atoms with van der Waals surface area (Å²) in [5.41, 5.74) is 1.08. The fourth-order valence-corrected chi connectivity index (χ4v) is 2.39. The van der Waals surface area contributed by atoms with Crippen molar-refractivity contribution in [2.24, 2.45) is 0 Å². The Labute approximate surface area is 118 Å². The molecule has 5 nitrogen and oxygen atoms in total. The summed E-state index contributed by atoms with van der Waals surface area (Å²) >= 11 is 0. The molecule has 1 amide bonds. The maximum atomic E-state index is 11.9. The van der Waals surface area contributed by atoms with Gasteiger partial charge in [0.1, 0.15) is 6.04 Å². The van der Waals surface area contributed by atoms with Gasteiger partial charge in [0, 0.05) is 0 Å². The van der Waals surface area contributed by atoms with Crippen molar-refractivity contribution in [3.8, 4) is 0 Å². The van der Waals surface area contributed by atoms with Crippen molar-refractivity contribution in [2.75, 3.05) is 6.54 Å². The molecule has 1 aliphatic heterocycles. The summed E-state index contributed by atoms with van der Waals surface area (Å²) in [5.74, 6) is -1.18. The Kier molecular flexibility index (Phi) is 5.12. The van der Waals surface area contributed by atoms with Gasteiger partial charge in [0.05, 0.1) is 6.04 Å². The fraction of sp³-hybridized carbons (Fsp3) is 0.467. The van der Waals surface area contributed by atoms with Gasteiger partial charge < -0.3 is 15.7 Å². The number of carboxylic acid groups (broad SMARTS) is 1. The average Bonchev–Trinajstić information content (AvgIpc) is 2.98. The molecule has 20 heavy (non-hydrogen) atoms. The van der Waals surface area contributed by atoms with Crippen molar-refractivity contribution in [1.29, 1.82) is 0 Å². The first-order chi connectivity index (χ1) is 9.66. The lowest BCUT2D eigenvalue weighted by Gasteiger charge is -2.17. The Morgan fingerprint density at radius 2 is 2.10 bits per heavy atom. The van der Waals surface area contributed by atoms with E-state index in [1.807, 2.05) is 30.3 Å². The van der Waals surface area contributed by atoms with Crippen LogP contribution in [-0.4, -0.2) is 35.6 Å². The van der Waals surface area contributed by atoms with Gasteiger partial charge in [-0.05, 0) is 37.8 Å². The van der Waals surface area contributed by atoms with E-state index < -0.39 is 12.0 Å². The van der Waals surface area contributed by atoms with Crippen molar-refractivity contribution in [3.05, 3.63) is 35.9 Å². The van der Waals surface area contributed by atoms with E-state index in [0.717, 1.165) is 24.9 Å². The Morgan fingerprint density at radius 1 is 1.35 bits per heavy atom. The first kappa shape index (κ1) is 14.5. The molecule has 0 aromatic heterocycles. The standard InChI is InChI=1S/C15H20N2O3/c18-14(12-7-4-10-16-12)17-13(15(19)20)9-8-11-5-2-1-3-6-11/h1-3,5-6,12-13,16H,4,7-10H2,(H,17,18)(H,19,20)/t12-,13?/m0/s1. The summed E-state index contributed by atoms with van der Waals surface area (Å²) in [4.78, 5) is 23.2. The summed E-state index contributed by atoms with van der Waals surface area (Å²) < 4.78 is 0. The van der Waals surface area contributed by atoms with E-state index in [1.54, 1.807) is 0 Å². The molecule has 1 fully saturated rings. The third-order valence-corrected chi connectivity index (χ3v) is 3.56. The number of amides is 1. The van der Waals surface area contributed by atoms with E-state index in [0.29, 0.717) is 12.8 Å². The van der Waals surface area contributed by atoms with E-state index in [9.17, 15) is 14.7 Å². The molecule has 0 aliphatic carbocycles. The van der Waals surface area contributed by atoms with Gasteiger partial charge >= 0.3 is 5.97 Å². The molecule has 1 aromatic rings. The number of carboxylic acids is 1. The molecule has 1 aromatic carbocycles. The monoisotopic (exact) mass is 276 g/mol.